The summed E-state index contributed by atoms with van der Waals surface area (Å²) in [5.41, 5.74) is 4.85. The van der Waals surface area contributed by atoms with Crippen molar-refractivity contribution in [2.24, 2.45) is 5.73 Å². The average molecular weight is 207 g/mol. The number of amides is 1. The maximum atomic E-state index is 10.3. The molecule has 1 aromatic heterocycles. The molecule has 0 atom stereocenters. The summed E-state index contributed by atoms with van der Waals surface area (Å²) in [4.78, 5) is 17.5. The Balaban J connectivity index is 0.000000162. The van der Waals surface area contributed by atoms with Gasteiger partial charge < -0.3 is 16.4 Å². The van der Waals surface area contributed by atoms with Crippen LogP contribution in [-0.2, 0) is 0 Å². The molecule has 6 nitrogen and oxygen atoms in total. The first-order valence-electron chi connectivity index (χ1n) is 4.49. The van der Waals surface area contributed by atoms with E-state index in [0.29, 0.717) is 0 Å². The van der Waals surface area contributed by atoms with Crippen LogP contribution in [0.5, 0.6) is 0 Å². The third-order valence-corrected chi connectivity index (χ3v) is 1.52. The van der Waals surface area contributed by atoms with Gasteiger partial charge in [-0.15, -0.1) is 0 Å². The molecule has 0 aliphatic carbocycles. The third-order valence-electron chi connectivity index (χ3n) is 1.52. The van der Waals surface area contributed by atoms with Crippen molar-refractivity contribution in [1.29, 1.82) is 0 Å². The van der Waals surface area contributed by atoms with E-state index in [1.165, 1.54) is 12.4 Å². The number of nitrogens with one attached hydrogen (secondary N) is 2. The van der Waals surface area contributed by atoms with E-state index in [1.54, 1.807) is 6.07 Å². The average Bonchev–Trinajstić information content (AvgIpc) is 2.33. The normalized spacial score (nSPS) is 12.8. The molecule has 0 saturated heterocycles. The van der Waals surface area contributed by atoms with Crippen molar-refractivity contribution < 1.29 is 4.79 Å². The van der Waals surface area contributed by atoms with Crippen molar-refractivity contribution in [3.8, 4) is 0 Å². The lowest BCUT2D eigenvalue weighted by Gasteiger charge is -2.05. The standard InChI is InChI=1S/C5H5N3O.C4H8N2/c6-4(9)5-7-2-1-3-8-5;1-2-6-4-3-5-1/h1-3H,(H2,6,9);1-2,5-6H,3-4H2. The van der Waals surface area contributed by atoms with Crippen LogP contribution in [0.1, 0.15) is 10.6 Å². The molecular formula is C9H13N5O. The number of aromatic nitrogens is 2. The van der Waals surface area contributed by atoms with Gasteiger partial charge in [0, 0.05) is 37.9 Å². The molecule has 4 N–H and O–H groups in total. The quantitative estimate of drug-likeness (QED) is 0.562. The van der Waals surface area contributed by atoms with Gasteiger partial charge in [-0.05, 0) is 6.07 Å². The van der Waals surface area contributed by atoms with E-state index >= 15 is 0 Å². The molecule has 0 unspecified atom stereocenters. The van der Waals surface area contributed by atoms with Gasteiger partial charge in [-0.1, -0.05) is 0 Å². The van der Waals surface area contributed by atoms with Crippen LogP contribution in [0.25, 0.3) is 0 Å². The van der Waals surface area contributed by atoms with E-state index in [1.807, 2.05) is 12.4 Å². The molecule has 0 aromatic carbocycles. The van der Waals surface area contributed by atoms with Crippen molar-refractivity contribution >= 4 is 5.91 Å². The molecule has 1 amide bonds. The lowest BCUT2D eigenvalue weighted by atomic mass is 10.5. The fraction of sp³-hybridized carbons (Fsp3) is 0.222. The minimum absolute atomic E-state index is 0.0532. The van der Waals surface area contributed by atoms with Crippen LogP contribution < -0.4 is 16.4 Å². The van der Waals surface area contributed by atoms with Crippen LogP contribution in [0.15, 0.2) is 30.9 Å². The van der Waals surface area contributed by atoms with E-state index in [9.17, 15) is 4.79 Å². The van der Waals surface area contributed by atoms with Crippen LogP contribution in [0.2, 0.25) is 0 Å². The SMILES string of the molecule is C1=CNCCN1.NC(=O)c1ncccn1. The highest BCUT2D eigenvalue weighted by Crippen LogP contribution is 1.82. The number of hydrogen-bond acceptors (Lipinski definition) is 5. The van der Waals surface area contributed by atoms with E-state index in [4.69, 9.17) is 5.73 Å². The zero-order chi connectivity index (χ0) is 10.9. The van der Waals surface area contributed by atoms with Crippen molar-refractivity contribution in [2.75, 3.05) is 13.1 Å². The van der Waals surface area contributed by atoms with Crippen LogP contribution in [0.3, 0.4) is 0 Å². The number of primary amides is 1. The molecule has 6 heteroatoms. The molecule has 0 spiro atoms. The zero-order valence-corrected chi connectivity index (χ0v) is 8.18. The summed E-state index contributed by atoms with van der Waals surface area (Å²) in [6, 6.07) is 1.62. The van der Waals surface area contributed by atoms with Crippen molar-refractivity contribution in [3.05, 3.63) is 36.7 Å². The Hall–Kier alpha value is -2.11. The van der Waals surface area contributed by atoms with Gasteiger partial charge >= 0.3 is 0 Å². The Kier molecular flexibility index (Phi) is 4.65. The molecule has 0 bridgehead atoms. The smallest absolute Gasteiger partial charge is 0.286 e. The molecule has 1 aromatic rings. The monoisotopic (exact) mass is 207 g/mol. The molecule has 1 aliphatic rings. The highest BCUT2D eigenvalue weighted by atomic mass is 16.1. The van der Waals surface area contributed by atoms with Gasteiger partial charge in [-0.3, -0.25) is 4.79 Å². The highest BCUT2D eigenvalue weighted by molar-refractivity contribution is 5.88. The molecule has 0 saturated carbocycles. The van der Waals surface area contributed by atoms with Gasteiger partial charge in [0.25, 0.3) is 5.91 Å². The van der Waals surface area contributed by atoms with Crippen LogP contribution in [-0.4, -0.2) is 29.0 Å². The number of nitrogens with two attached hydrogens (primary N) is 1. The molecule has 0 radical (unpaired) electrons. The second kappa shape index (κ2) is 6.36. The second-order valence-corrected chi connectivity index (χ2v) is 2.68. The topological polar surface area (TPSA) is 92.9 Å². The summed E-state index contributed by atoms with van der Waals surface area (Å²) in [5.74, 6) is -0.548. The van der Waals surface area contributed by atoms with Crippen molar-refractivity contribution in [2.45, 2.75) is 0 Å². The van der Waals surface area contributed by atoms with Gasteiger partial charge in [-0.2, -0.15) is 0 Å². The van der Waals surface area contributed by atoms with Crippen molar-refractivity contribution in [1.82, 2.24) is 20.6 Å². The second-order valence-electron chi connectivity index (χ2n) is 2.68. The Bertz CT molecular complexity index is 317. The molecule has 1 aliphatic heterocycles. The predicted molar refractivity (Wildman–Crippen MR) is 55.7 cm³/mol. The molecule has 80 valence electrons. The summed E-state index contributed by atoms with van der Waals surface area (Å²) in [6.45, 7) is 2.10. The van der Waals surface area contributed by atoms with E-state index in [2.05, 4.69) is 20.6 Å². The molecular weight excluding hydrogens is 194 g/mol. The first-order valence-corrected chi connectivity index (χ1v) is 4.49. The van der Waals surface area contributed by atoms with Crippen LogP contribution >= 0.6 is 0 Å². The summed E-state index contributed by atoms with van der Waals surface area (Å²) in [5, 5.41) is 6.08. The fourth-order valence-electron chi connectivity index (χ4n) is 0.855. The number of rotatable bonds is 1. The Morgan fingerprint density at radius 3 is 2.00 bits per heavy atom. The number of nitrogens with zero attached hydrogens (tertiary/aromatic N) is 2. The molecule has 2 heterocycles. The minimum atomic E-state index is -0.601. The van der Waals surface area contributed by atoms with Gasteiger partial charge in [0.15, 0.2) is 0 Å². The van der Waals surface area contributed by atoms with Crippen LogP contribution in [0.4, 0.5) is 0 Å². The fourth-order valence-corrected chi connectivity index (χ4v) is 0.855. The van der Waals surface area contributed by atoms with Gasteiger partial charge in [0.2, 0.25) is 5.82 Å². The number of carbonyl (C=O) groups excluding carboxylic acids is 1. The maximum absolute atomic E-state index is 10.3. The first kappa shape index (κ1) is 11.0. The summed E-state index contributed by atoms with van der Waals surface area (Å²) >= 11 is 0. The van der Waals surface area contributed by atoms with Gasteiger partial charge in [0.1, 0.15) is 0 Å². The number of hydrogen-bond donors (Lipinski definition) is 3. The summed E-state index contributed by atoms with van der Waals surface area (Å²) in [7, 11) is 0. The lowest BCUT2D eigenvalue weighted by Crippen LogP contribution is -2.25. The molecule has 0 fully saturated rings. The summed E-state index contributed by atoms with van der Waals surface area (Å²) < 4.78 is 0. The minimum Gasteiger partial charge on any atom is -0.388 e. The predicted octanol–water partition coefficient (Wildman–Crippen LogP) is -0.774. The lowest BCUT2D eigenvalue weighted by molar-refractivity contribution is 0.0990. The van der Waals surface area contributed by atoms with E-state index in [0.717, 1.165) is 13.1 Å². The van der Waals surface area contributed by atoms with Crippen molar-refractivity contribution in [3.63, 3.8) is 0 Å². The van der Waals surface area contributed by atoms with Crippen LogP contribution in [0, 0.1) is 0 Å². The van der Waals surface area contributed by atoms with E-state index < -0.39 is 5.91 Å². The Morgan fingerprint density at radius 1 is 1.20 bits per heavy atom. The van der Waals surface area contributed by atoms with Gasteiger partial charge in [0.05, 0.1) is 0 Å². The highest BCUT2D eigenvalue weighted by Gasteiger charge is 1.98. The Labute approximate surface area is 87.6 Å². The third kappa shape index (κ3) is 4.61. The maximum Gasteiger partial charge on any atom is 0.286 e. The molecule has 2 rings (SSSR count). The molecule has 15 heavy (non-hydrogen) atoms. The van der Waals surface area contributed by atoms with Gasteiger partial charge in [-0.25, -0.2) is 9.97 Å². The summed E-state index contributed by atoms with van der Waals surface area (Å²) in [6.07, 6.45) is 6.74. The zero-order valence-electron chi connectivity index (χ0n) is 8.18. The Morgan fingerprint density at radius 2 is 1.73 bits per heavy atom. The first-order chi connectivity index (χ1) is 7.30. The van der Waals surface area contributed by atoms with E-state index in [-0.39, 0.29) is 5.82 Å². The largest absolute Gasteiger partial charge is 0.388 e. The number of carbonyl (C=O) groups is 1.